The van der Waals surface area contributed by atoms with Gasteiger partial charge in [-0.3, -0.25) is 4.79 Å². The minimum absolute atomic E-state index is 0.0582. The summed E-state index contributed by atoms with van der Waals surface area (Å²) in [6, 6.07) is 11.3. The number of nitrogens with one attached hydrogen (secondary N) is 1. The molecule has 0 bridgehead atoms. The maximum absolute atomic E-state index is 11.9. The van der Waals surface area contributed by atoms with Gasteiger partial charge in [0.2, 0.25) is 5.91 Å². The van der Waals surface area contributed by atoms with E-state index in [1.54, 1.807) is 6.20 Å². The van der Waals surface area contributed by atoms with E-state index in [-0.39, 0.29) is 11.8 Å². The molecule has 1 aromatic carbocycles. The number of hydrogen-bond donors (Lipinski definition) is 1. The minimum atomic E-state index is -0.0582. The second kappa shape index (κ2) is 9.13. The number of carbonyl (C=O) groups excluding carboxylic acids is 1. The van der Waals surface area contributed by atoms with E-state index in [4.69, 9.17) is 9.47 Å². The van der Waals surface area contributed by atoms with Gasteiger partial charge in [0.25, 0.3) is 0 Å². The van der Waals surface area contributed by atoms with Crippen LogP contribution in [0.15, 0.2) is 42.6 Å². The Morgan fingerprint density at radius 3 is 2.96 bits per heavy atom. The van der Waals surface area contributed by atoms with Crippen molar-refractivity contribution in [2.24, 2.45) is 0 Å². The van der Waals surface area contributed by atoms with Gasteiger partial charge in [0, 0.05) is 18.7 Å². The monoisotopic (exact) mass is 341 g/mol. The molecule has 0 aliphatic carbocycles. The van der Waals surface area contributed by atoms with Crippen molar-refractivity contribution in [3.63, 3.8) is 0 Å². The van der Waals surface area contributed by atoms with Crippen LogP contribution in [0.25, 0.3) is 0 Å². The summed E-state index contributed by atoms with van der Waals surface area (Å²) >= 11 is 0. The van der Waals surface area contributed by atoms with Gasteiger partial charge in [-0.2, -0.15) is 0 Å². The van der Waals surface area contributed by atoms with Crippen molar-refractivity contribution in [2.45, 2.75) is 31.7 Å². The molecule has 0 saturated carbocycles. The van der Waals surface area contributed by atoms with E-state index < -0.39 is 0 Å². The third kappa shape index (κ3) is 5.53. The van der Waals surface area contributed by atoms with Crippen LogP contribution in [0.5, 0.6) is 5.75 Å². The standard InChI is InChI=1S/C19H23N3O3/c23-18(9-12-25-17-6-2-1-3-7-17)21-13-16-8-10-20-19(22-16)15-5-4-11-24-14-15/h1-3,6-8,10,15H,4-5,9,11-14H2,(H,21,23)/t15-/m0/s1. The number of carbonyl (C=O) groups is 1. The first-order valence-corrected chi connectivity index (χ1v) is 8.65. The molecule has 132 valence electrons. The number of para-hydroxylation sites is 1. The lowest BCUT2D eigenvalue weighted by molar-refractivity contribution is -0.121. The molecular formula is C19H23N3O3. The van der Waals surface area contributed by atoms with Crippen molar-refractivity contribution in [1.82, 2.24) is 15.3 Å². The first kappa shape index (κ1) is 17.4. The molecule has 2 aromatic rings. The number of benzene rings is 1. The van der Waals surface area contributed by atoms with Gasteiger partial charge in [0.1, 0.15) is 11.6 Å². The molecule has 1 aromatic heterocycles. The van der Waals surface area contributed by atoms with Gasteiger partial charge < -0.3 is 14.8 Å². The van der Waals surface area contributed by atoms with Crippen molar-refractivity contribution in [3.8, 4) is 5.75 Å². The van der Waals surface area contributed by atoms with Gasteiger partial charge in [-0.25, -0.2) is 9.97 Å². The fourth-order valence-electron chi connectivity index (χ4n) is 2.71. The predicted molar refractivity (Wildman–Crippen MR) is 93.2 cm³/mol. The largest absolute Gasteiger partial charge is 0.493 e. The summed E-state index contributed by atoms with van der Waals surface area (Å²) in [6.45, 7) is 2.24. The van der Waals surface area contributed by atoms with Crippen molar-refractivity contribution in [2.75, 3.05) is 19.8 Å². The van der Waals surface area contributed by atoms with E-state index >= 15 is 0 Å². The molecule has 1 amide bonds. The smallest absolute Gasteiger partial charge is 0.223 e. The lowest BCUT2D eigenvalue weighted by Gasteiger charge is -2.20. The Morgan fingerprint density at radius 1 is 1.28 bits per heavy atom. The van der Waals surface area contributed by atoms with Crippen LogP contribution in [0.2, 0.25) is 0 Å². The van der Waals surface area contributed by atoms with Crippen LogP contribution in [0, 0.1) is 0 Å². The number of amides is 1. The van der Waals surface area contributed by atoms with E-state index in [0.717, 1.165) is 36.7 Å². The molecule has 1 aliphatic rings. The molecule has 2 heterocycles. The average molecular weight is 341 g/mol. The Morgan fingerprint density at radius 2 is 2.16 bits per heavy atom. The highest BCUT2D eigenvalue weighted by molar-refractivity contribution is 5.75. The third-order valence-corrected chi connectivity index (χ3v) is 4.07. The third-order valence-electron chi connectivity index (χ3n) is 4.07. The Balaban J connectivity index is 1.42. The summed E-state index contributed by atoms with van der Waals surface area (Å²) in [5.41, 5.74) is 0.813. The van der Waals surface area contributed by atoms with Crippen LogP contribution >= 0.6 is 0 Å². The molecule has 1 saturated heterocycles. The van der Waals surface area contributed by atoms with E-state index in [0.29, 0.717) is 26.2 Å². The fraction of sp³-hybridized carbons (Fsp3) is 0.421. The fourth-order valence-corrected chi connectivity index (χ4v) is 2.71. The van der Waals surface area contributed by atoms with Gasteiger partial charge in [-0.15, -0.1) is 0 Å². The van der Waals surface area contributed by atoms with Crippen LogP contribution in [0.4, 0.5) is 0 Å². The highest BCUT2D eigenvalue weighted by Crippen LogP contribution is 2.22. The summed E-state index contributed by atoms with van der Waals surface area (Å²) in [7, 11) is 0. The molecule has 25 heavy (non-hydrogen) atoms. The highest BCUT2D eigenvalue weighted by Gasteiger charge is 2.18. The summed E-state index contributed by atoms with van der Waals surface area (Å²) in [5.74, 6) is 1.77. The molecule has 0 unspecified atom stereocenters. The summed E-state index contributed by atoms with van der Waals surface area (Å²) in [4.78, 5) is 20.8. The van der Waals surface area contributed by atoms with Crippen LogP contribution in [0.1, 0.15) is 36.7 Å². The second-order valence-electron chi connectivity index (χ2n) is 6.01. The topological polar surface area (TPSA) is 73.3 Å². The molecule has 1 N–H and O–H groups in total. The highest BCUT2D eigenvalue weighted by atomic mass is 16.5. The first-order chi connectivity index (χ1) is 12.3. The quantitative estimate of drug-likeness (QED) is 0.837. The first-order valence-electron chi connectivity index (χ1n) is 8.65. The predicted octanol–water partition coefficient (Wildman–Crippen LogP) is 2.46. The zero-order chi connectivity index (χ0) is 17.3. The Labute approximate surface area is 147 Å². The molecule has 6 nitrogen and oxygen atoms in total. The van der Waals surface area contributed by atoms with Crippen molar-refractivity contribution in [3.05, 3.63) is 54.1 Å². The SMILES string of the molecule is O=C(CCOc1ccccc1)NCc1ccnc([C@H]2CCCOC2)n1. The maximum atomic E-state index is 11.9. The number of aromatic nitrogens is 2. The second-order valence-corrected chi connectivity index (χ2v) is 6.01. The van der Waals surface area contributed by atoms with E-state index in [1.165, 1.54) is 0 Å². The molecule has 3 rings (SSSR count). The normalized spacial score (nSPS) is 17.0. The molecule has 1 atom stereocenters. The van der Waals surface area contributed by atoms with Crippen LogP contribution in [0.3, 0.4) is 0 Å². The lowest BCUT2D eigenvalue weighted by Crippen LogP contribution is -2.25. The Kier molecular flexibility index (Phi) is 6.34. The van der Waals surface area contributed by atoms with E-state index in [2.05, 4.69) is 15.3 Å². The lowest BCUT2D eigenvalue weighted by atomic mass is 10.0. The zero-order valence-electron chi connectivity index (χ0n) is 14.2. The number of rotatable bonds is 7. The summed E-state index contributed by atoms with van der Waals surface area (Å²) < 4.78 is 11.0. The van der Waals surface area contributed by atoms with Crippen molar-refractivity contribution >= 4 is 5.91 Å². The molecular weight excluding hydrogens is 318 g/mol. The van der Waals surface area contributed by atoms with Gasteiger partial charge in [-0.05, 0) is 31.0 Å². The van der Waals surface area contributed by atoms with E-state index in [1.807, 2.05) is 36.4 Å². The molecule has 0 radical (unpaired) electrons. The summed E-state index contributed by atoms with van der Waals surface area (Å²) in [6.07, 6.45) is 4.14. The molecule has 6 heteroatoms. The van der Waals surface area contributed by atoms with Gasteiger partial charge in [0.15, 0.2) is 0 Å². The summed E-state index contributed by atoms with van der Waals surface area (Å²) in [5, 5.41) is 2.87. The minimum Gasteiger partial charge on any atom is -0.493 e. The van der Waals surface area contributed by atoms with E-state index in [9.17, 15) is 4.79 Å². The van der Waals surface area contributed by atoms with Gasteiger partial charge >= 0.3 is 0 Å². The van der Waals surface area contributed by atoms with Crippen molar-refractivity contribution in [1.29, 1.82) is 0 Å². The van der Waals surface area contributed by atoms with Crippen LogP contribution in [-0.2, 0) is 16.1 Å². The number of ether oxygens (including phenoxy) is 2. The van der Waals surface area contributed by atoms with Crippen LogP contribution < -0.4 is 10.1 Å². The molecule has 1 aliphatic heterocycles. The molecule has 1 fully saturated rings. The number of nitrogens with zero attached hydrogens (tertiary/aromatic N) is 2. The Bertz CT molecular complexity index is 673. The molecule has 0 spiro atoms. The average Bonchev–Trinajstić information content (AvgIpc) is 2.68. The maximum Gasteiger partial charge on any atom is 0.223 e. The zero-order valence-corrected chi connectivity index (χ0v) is 14.2. The number of hydrogen-bond acceptors (Lipinski definition) is 5. The Hall–Kier alpha value is -2.47. The van der Waals surface area contributed by atoms with Gasteiger partial charge in [-0.1, -0.05) is 18.2 Å². The van der Waals surface area contributed by atoms with Gasteiger partial charge in [0.05, 0.1) is 31.9 Å². The van der Waals surface area contributed by atoms with Crippen LogP contribution in [-0.4, -0.2) is 35.7 Å². The van der Waals surface area contributed by atoms with Crippen molar-refractivity contribution < 1.29 is 14.3 Å².